The fourth-order valence-corrected chi connectivity index (χ4v) is 2.86. The second-order valence-electron chi connectivity index (χ2n) is 5.82. The lowest BCUT2D eigenvalue weighted by Gasteiger charge is -2.29. The molecule has 0 aromatic heterocycles. The summed E-state index contributed by atoms with van der Waals surface area (Å²) < 4.78 is 4.75. The van der Waals surface area contributed by atoms with Crippen molar-refractivity contribution in [2.45, 2.75) is 25.7 Å². The quantitative estimate of drug-likeness (QED) is 0.495. The minimum atomic E-state index is -0.367. The van der Waals surface area contributed by atoms with E-state index in [-0.39, 0.29) is 24.1 Å². The smallest absolute Gasteiger partial charge is 0.306 e. The van der Waals surface area contributed by atoms with E-state index in [4.69, 9.17) is 10.5 Å². The molecule has 1 aromatic carbocycles. The topological polar surface area (TPSA) is 72.6 Å². The van der Waals surface area contributed by atoms with Crippen LogP contribution < -0.4 is 5.73 Å². The van der Waals surface area contributed by atoms with E-state index < -0.39 is 0 Å². The monoisotopic (exact) mass is 304 g/mol. The average Bonchev–Trinajstić information content (AvgIpc) is 2.55. The number of carbonyl (C=O) groups excluding carboxylic acids is 2. The van der Waals surface area contributed by atoms with Crippen LogP contribution >= 0.6 is 0 Å². The zero-order valence-electron chi connectivity index (χ0n) is 13.1. The van der Waals surface area contributed by atoms with Crippen molar-refractivity contribution in [1.29, 1.82) is 0 Å². The van der Waals surface area contributed by atoms with Crippen molar-refractivity contribution in [3.8, 4) is 0 Å². The molecule has 1 heterocycles. The third-order valence-electron chi connectivity index (χ3n) is 4.13. The van der Waals surface area contributed by atoms with Gasteiger partial charge in [-0.05, 0) is 50.2 Å². The predicted molar refractivity (Wildman–Crippen MR) is 85.6 cm³/mol. The molecular formula is C17H24N2O3. The van der Waals surface area contributed by atoms with Crippen LogP contribution in [0.3, 0.4) is 0 Å². The number of nitrogen functional groups attached to an aromatic ring is 1. The van der Waals surface area contributed by atoms with Gasteiger partial charge in [0.15, 0.2) is 5.78 Å². The number of hydrogen-bond donors (Lipinski definition) is 1. The SMILES string of the molecule is COC(=O)CC(CN1CCCCC1)C(=O)c1ccc(N)cc1. The molecule has 1 saturated heterocycles. The summed E-state index contributed by atoms with van der Waals surface area (Å²) in [6.45, 7) is 2.59. The van der Waals surface area contributed by atoms with Gasteiger partial charge in [0.05, 0.1) is 13.5 Å². The van der Waals surface area contributed by atoms with Crippen molar-refractivity contribution >= 4 is 17.4 Å². The number of ketones is 1. The zero-order chi connectivity index (χ0) is 15.9. The molecule has 1 fully saturated rings. The number of likely N-dealkylation sites (tertiary alicyclic amines) is 1. The molecule has 2 rings (SSSR count). The van der Waals surface area contributed by atoms with Crippen molar-refractivity contribution in [3.05, 3.63) is 29.8 Å². The Balaban J connectivity index is 2.09. The molecule has 1 unspecified atom stereocenters. The molecule has 0 bridgehead atoms. The van der Waals surface area contributed by atoms with Crippen LogP contribution in [0.25, 0.3) is 0 Å². The van der Waals surface area contributed by atoms with Gasteiger partial charge in [-0.1, -0.05) is 6.42 Å². The number of carbonyl (C=O) groups is 2. The maximum absolute atomic E-state index is 12.7. The number of nitrogens with zero attached hydrogens (tertiary/aromatic N) is 1. The standard InChI is InChI=1S/C17H24N2O3/c1-22-16(20)11-14(12-19-9-3-2-4-10-19)17(21)13-5-7-15(18)8-6-13/h5-8,14H,2-4,9-12,18H2,1H3. The number of benzene rings is 1. The zero-order valence-corrected chi connectivity index (χ0v) is 13.1. The van der Waals surface area contributed by atoms with Gasteiger partial charge in [0.1, 0.15) is 0 Å². The van der Waals surface area contributed by atoms with E-state index in [2.05, 4.69) is 4.90 Å². The number of piperidine rings is 1. The molecule has 1 atom stereocenters. The van der Waals surface area contributed by atoms with Crippen molar-refractivity contribution in [2.75, 3.05) is 32.5 Å². The average molecular weight is 304 g/mol. The lowest BCUT2D eigenvalue weighted by molar-refractivity contribution is -0.141. The highest BCUT2D eigenvalue weighted by Crippen LogP contribution is 2.19. The molecule has 22 heavy (non-hydrogen) atoms. The lowest BCUT2D eigenvalue weighted by Crippen LogP contribution is -2.37. The summed E-state index contributed by atoms with van der Waals surface area (Å²) in [5, 5.41) is 0. The lowest BCUT2D eigenvalue weighted by atomic mass is 9.93. The molecule has 5 heteroatoms. The van der Waals surface area contributed by atoms with E-state index in [0.717, 1.165) is 25.9 Å². The molecule has 5 nitrogen and oxygen atoms in total. The van der Waals surface area contributed by atoms with Gasteiger partial charge in [-0.3, -0.25) is 9.59 Å². The molecule has 0 saturated carbocycles. The third-order valence-corrected chi connectivity index (χ3v) is 4.13. The second kappa shape index (κ2) is 7.94. The van der Waals surface area contributed by atoms with Crippen LogP contribution in [-0.4, -0.2) is 43.4 Å². The number of rotatable bonds is 6. The molecule has 1 aromatic rings. The van der Waals surface area contributed by atoms with Crippen LogP contribution in [0.2, 0.25) is 0 Å². The first kappa shape index (κ1) is 16.5. The van der Waals surface area contributed by atoms with Gasteiger partial charge in [-0.15, -0.1) is 0 Å². The highest BCUT2D eigenvalue weighted by molar-refractivity contribution is 5.99. The van der Waals surface area contributed by atoms with E-state index in [1.807, 2.05) is 0 Å². The Morgan fingerprint density at radius 1 is 1.18 bits per heavy atom. The normalized spacial score (nSPS) is 17.0. The minimum absolute atomic E-state index is 0.0176. The number of esters is 1. The largest absolute Gasteiger partial charge is 0.469 e. The first-order valence-electron chi connectivity index (χ1n) is 7.79. The van der Waals surface area contributed by atoms with Gasteiger partial charge in [-0.2, -0.15) is 0 Å². The molecule has 120 valence electrons. The summed E-state index contributed by atoms with van der Waals surface area (Å²) in [5.74, 6) is -0.726. The van der Waals surface area contributed by atoms with Crippen molar-refractivity contribution in [2.24, 2.45) is 5.92 Å². The Morgan fingerprint density at radius 3 is 2.41 bits per heavy atom. The Labute approximate surface area is 131 Å². The number of nitrogens with two attached hydrogens (primary N) is 1. The third kappa shape index (κ3) is 4.56. The maximum Gasteiger partial charge on any atom is 0.306 e. The number of Topliss-reactive ketones (excluding diaryl/α,β-unsaturated/α-hetero) is 1. The number of ether oxygens (including phenoxy) is 1. The van der Waals surface area contributed by atoms with Gasteiger partial charge in [0, 0.05) is 23.7 Å². The molecule has 0 aliphatic carbocycles. The Hall–Kier alpha value is -1.88. The number of methoxy groups -OCH3 is 1. The second-order valence-corrected chi connectivity index (χ2v) is 5.82. The van der Waals surface area contributed by atoms with E-state index in [1.165, 1.54) is 13.5 Å². The van der Waals surface area contributed by atoms with Crippen molar-refractivity contribution in [1.82, 2.24) is 4.90 Å². The predicted octanol–water partition coefficient (Wildman–Crippen LogP) is 2.12. The van der Waals surface area contributed by atoms with E-state index in [9.17, 15) is 9.59 Å². The molecule has 2 N–H and O–H groups in total. The van der Waals surface area contributed by atoms with Gasteiger partial charge in [0.25, 0.3) is 0 Å². The minimum Gasteiger partial charge on any atom is -0.469 e. The van der Waals surface area contributed by atoms with E-state index >= 15 is 0 Å². The summed E-state index contributed by atoms with van der Waals surface area (Å²) in [6, 6.07) is 6.86. The highest BCUT2D eigenvalue weighted by atomic mass is 16.5. The van der Waals surface area contributed by atoms with Crippen molar-refractivity contribution < 1.29 is 14.3 Å². The Morgan fingerprint density at radius 2 is 1.82 bits per heavy atom. The highest BCUT2D eigenvalue weighted by Gasteiger charge is 2.26. The summed E-state index contributed by atoms with van der Waals surface area (Å²) in [6.07, 6.45) is 3.67. The molecular weight excluding hydrogens is 280 g/mol. The molecule has 0 spiro atoms. The fraction of sp³-hybridized carbons (Fsp3) is 0.529. The first-order chi connectivity index (χ1) is 10.6. The van der Waals surface area contributed by atoms with Gasteiger partial charge < -0.3 is 15.4 Å². The fourth-order valence-electron chi connectivity index (χ4n) is 2.86. The Bertz CT molecular complexity index is 507. The maximum atomic E-state index is 12.7. The van der Waals surface area contributed by atoms with Crippen LogP contribution in [0.15, 0.2) is 24.3 Å². The van der Waals surface area contributed by atoms with Crippen LogP contribution in [0.1, 0.15) is 36.0 Å². The molecule has 0 amide bonds. The first-order valence-corrected chi connectivity index (χ1v) is 7.79. The van der Waals surface area contributed by atoms with Gasteiger partial charge in [-0.25, -0.2) is 0 Å². The number of hydrogen-bond acceptors (Lipinski definition) is 5. The summed E-state index contributed by atoms with van der Waals surface area (Å²) >= 11 is 0. The molecule has 0 radical (unpaired) electrons. The van der Waals surface area contributed by atoms with E-state index in [1.54, 1.807) is 24.3 Å². The van der Waals surface area contributed by atoms with Gasteiger partial charge in [0.2, 0.25) is 0 Å². The van der Waals surface area contributed by atoms with Gasteiger partial charge >= 0.3 is 5.97 Å². The number of anilines is 1. The van der Waals surface area contributed by atoms with Crippen LogP contribution in [0, 0.1) is 5.92 Å². The molecule has 1 aliphatic rings. The summed E-state index contributed by atoms with van der Waals surface area (Å²) in [5.41, 5.74) is 6.88. The van der Waals surface area contributed by atoms with Crippen LogP contribution in [0.5, 0.6) is 0 Å². The summed E-state index contributed by atoms with van der Waals surface area (Å²) in [4.78, 5) is 26.6. The molecule has 1 aliphatic heterocycles. The van der Waals surface area contributed by atoms with Crippen LogP contribution in [0.4, 0.5) is 5.69 Å². The Kier molecular flexibility index (Phi) is 5.95. The van der Waals surface area contributed by atoms with E-state index in [0.29, 0.717) is 17.8 Å². The van der Waals surface area contributed by atoms with Crippen molar-refractivity contribution in [3.63, 3.8) is 0 Å². The van der Waals surface area contributed by atoms with Crippen LogP contribution in [-0.2, 0) is 9.53 Å². The summed E-state index contributed by atoms with van der Waals surface area (Å²) in [7, 11) is 1.36.